The summed E-state index contributed by atoms with van der Waals surface area (Å²) < 4.78 is 10.6. The molecule has 0 aromatic heterocycles. The summed E-state index contributed by atoms with van der Waals surface area (Å²) in [5.41, 5.74) is 2.17. The van der Waals surface area contributed by atoms with Crippen molar-refractivity contribution in [2.75, 3.05) is 13.2 Å². The number of hydrogen-bond donors (Lipinski definition) is 1. The molecule has 2 aromatic rings. The van der Waals surface area contributed by atoms with Gasteiger partial charge in [-0.05, 0) is 31.0 Å². The molecule has 0 atom stereocenters. The molecule has 1 N–H and O–H groups in total. The second-order valence-electron chi connectivity index (χ2n) is 5.87. The van der Waals surface area contributed by atoms with Crippen molar-refractivity contribution in [2.24, 2.45) is 0 Å². The number of ether oxygens (including phenoxy) is 2. The van der Waals surface area contributed by atoms with Crippen LogP contribution in [0, 0.1) is 0 Å². The highest BCUT2D eigenvalue weighted by molar-refractivity contribution is 5.82. The third-order valence-corrected chi connectivity index (χ3v) is 3.37. The predicted molar refractivity (Wildman–Crippen MR) is 95.4 cm³/mol. The van der Waals surface area contributed by atoms with Crippen LogP contribution in [0.15, 0.2) is 54.6 Å². The first-order valence-electron chi connectivity index (χ1n) is 8.25. The molecular formula is C20H23NO4. The maximum absolute atomic E-state index is 11.8. The van der Waals surface area contributed by atoms with Crippen molar-refractivity contribution in [3.63, 3.8) is 0 Å². The summed E-state index contributed by atoms with van der Waals surface area (Å²) in [7, 11) is 0. The van der Waals surface area contributed by atoms with Gasteiger partial charge in [-0.3, -0.25) is 9.59 Å². The molecule has 5 heteroatoms. The summed E-state index contributed by atoms with van der Waals surface area (Å²) in [6, 6.07) is 17.6. The van der Waals surface area contributed by atoms with Gasteiger partial charge in [0.2, 0.25) is 0 Å². The molecule has 2 rings (SSSR count). The summed E-state index contributed by atoms with van der Waals surface area (Å²) >= 11 is 0. The lowest BCUT2D eigenvalue weighted by Crippen LogP contribution is -2.34. The van der Waals surface area contributed by atoms with Gasteiger partial charge >= 0.3 is 5.97 Å². The van der Waals surface area contributed by atoms with E-state index in [9.17, 15) is 9.59 Å². The average molecular weight is 341 g/mol. The first-order chi connectivity index (χ1) is 12.0. The van der Waals surface area contributed by atoms with Crippen molar-refractivity contribution in [3.05, 3.63) is 65.7 Å². The van der Waals surface area contributed by atoms with Gasteiger partial charge in [-0.25, -0.2) is 0 Å². The molecule has 5 nitrogen and oxygen atoms in total. The smallest absolute Gasteiger partial charge is 0.325 e. The van der Waals surface area contributed by atoms with E-state index in [1.54, 1.807) is 13.8 Å². The number of carbonyl (C=O) groups is 2. The second-order valence-corrected chi connectivity index (χ2v) is 5.87. The Morgan fingerprint density at radius 3 is 2.40 bits per heavy atom. The van der Waals surface area contributed by atoms with Crippen molar-refractivity contribution < 1.29 is 19.1 Å². The number of amides is 1. The van der Waals surface area contributed by atoms with E-state index < -0.39 is 5.97 Å². The summed E-state index contributed by atoms with van der Waals surface area (Å²) in [6.07, 6.45) is 0.518. The first-order valence-corrected chi connectivity index (χ1v) is 8.25. The molecule has 0 radical (unpaired) electrons. The SMILES string of the molecule is CC(C)OC(=O)CNC(=O)COc1ccccc1Cc1ccccc1. The average Bonchev–Trinajstić information content (AvgIpc) is 2.59. The summed E-state index contributed by atoms with van der Waals surface area (Å²) in [5.74, 6) is -0.172. The fourth-order valence-corrected chi connectivity index (χ4v) is 2.28. The molecule has 0 aliphatic carbocycles. The van der Waals surface area contributed by atoms with Gasteiger partial charge in [0.25, 0.3) is 5.91 Å². The highest BCUT2D eigenvalue weighted by Crippen LogP contribution is 2.21. The van der Waals surface area contributed by atoms with Crippen molar-refractivity contribution in [2.45, 2.75) is 26.4 Å². The van der Waals surface area contributed by atoms with Gasteiger partial charge < -0.3 is 14.8 Å². The number of esters is 1. The molecule has 1 amide bonds. The Bertz CT molecular complexity index is 698. The lowest BCUT2D eigenvalue weighted by molar-refractivity contribution is -0.147. The normalized spacial score (nSPS) is 10.4. The third-order valence-electron chi connectivity index (χ3n) is 3.37. The standard InChI is InChI=1S/C20H23NO4/c1-15(2)25-20(23)13-21-19(22)14-24-18-11-7-6-10-17(18)12-16-8-4-3-5-9-16/h3-11,15H,12-14H2,1-2H3,(H,21,22). The van der Waals surface area contributed by atoms with Crippen LogP contribution < -0.4 is 10.1 Å². The van der Waals surface area contributed by atoms with Crippen LogP contribution in [-0.2, 0) is 20.7 Å². The van der Waals surface area contributed by atoms with Gasteiger partial charge in [-0.1, -0.05) is 48.5 Å². The van der Waals surface area contributed by atoms with Crippen LogP contribution in [0.5, 0.6) is 5.75 Å². The Labute approximate surface area is 148 Å². The number of carbonyl (C=O) groups excluding carboxylic acids is 2. The van der Waals surface area contributed by atoms with Gasteiger partial charge in [0, 0.05) is 6.42 Å². The molecule has 0 aliphatic heterocycles. The highest BCUT2D eigenvalue weighted by atomic mass is 16.5. The lowest BCUT2D eigenvalue weighted by atomic mass is 10.0. The van der Waals surface area contributed by atoms with Crippen LogP contribution in [0.1, 0.15) is 25.0 Å². The first kappa shape index (κ1) is 18.5. The number of nitrogens with one attached hydrogen (secondary N) is 1. The van der Waals surface area contributed by atoms with Gasteiger partial charge in [-0.15, -0.1) is 0 Å². The third kappa shape index (κ3) is 6.67. The molecule has 0 spiro atoms. The maximum Gasteiger partial charge on any atom is 0.325 e. The van der Waals surface area contributed by atoms with Crippen molar-refractivity contribution in [1.29, 1.82) is 0 Å². The second kappa shape index (κ2) is 9.47. The summed E-state index contributed by atoms with van der Waals surface area (Å²) in [5, 5.41) is 2.49. The van der Waals surface area contributed by atoms with Gasteiger partial charge in [0.15, 0.2) is 6.61 Å². The maximum atomic E-state index is 11.8. The summed E-state index contributed by atoms with van der Waals surface area (Å²) in [4.78, 5) is 23.2. The van der Waals surface area contributed by atoms with E-state index in [4.69, 9.17) is 9.47 Å². The fraction of sp³-hybridized carbons (Fsp3) is 0.300. The molecule has 25 heavy (non-hydrogen) atoms. The topological polar surface area (TPSA) is 64.6 Å². The van der Waals surface area contributed by atoms with Crippen LogP contribution in [0.4, 0.5) is 0 Å². The molecule has 0 saturated heterocycles. The zero-order valence-electron chi connectivity index (χ0n) is 14.5. The zero-order valence-corrected chi connectivity index (χ0v) is 14.5. The molecule has 132 valence electrons. The molecule has 0 aliphatic rings. The van der Waals surface area contributed by atoms with Crippen LogP contribution >= 0.6 is 0 Å². The van der Waals surface area contributed by atoms with E-state index in [2.05, 4.69) is 5.32 Å². The predicted octanol–water partition coefficient (Wildman–Crippen LogP) is 2.72. The minimum absolute atomic E-state index is 0.152. The molecule has 0 saturated carbocycles. The van der Waals surface area contributed by atoms with Crippen molar-refractivity contribution in [3.8, 4) is 5.75 Å². The highest BCUT2D eigenvalue weighted by Gasteiger charge is 2.10. The Balaban J connectivity index is 1.86. The van der Waals surface area contributed by atoms with Crippen LogP contribution in [0.2, 0.25) is 0 Å². The van der Waals surface area contributed by atoms with E-state index in [0.717, 1.165) is 12.0 Å². The molecule has 2 aromatic carbocycles. The number of rotatable bonds is 8. The summed E-state index contributed by atoms with van der Waals surface area (Å²) in [6.45, 7) is 3.20. The van der Waals surface area contributed by atoms with E-state index >= 15 is 0 Å². The largest absolute Gasteiger partial charge is 0.483 e. The minimum Gasteiger partial charge on any atom is -0.483 e. The molecule has 0 unspecified atom stereocenters. The molecule has 0 heterocycles. The molecule has 0 fully saturated rings. The Morgan fingerprint density at radius 1 is 1.00 bits per heavy atom. The fourth-order valence-electron chi connectivity index (χ4n) is 2.28. The van der Waals surface area contributed by atoms with Gasteiger partial charge in [-0.2, -0.15) is 0 Å². The Morgan fingerprint density at radius 2 is 1.68 bits per heavy atom. The van der Waals surface area contributed by atoms with E-state index in [-0.39, 0.29) is 25.2 Å². The Hall–Kier alpha value is -2.82. The monoisotopic (exact) mass is 341 g/mol. The molecular weight excluding hydrogens is 318 g/mol. The zero-order chi connectivity index (χ0) is 18.1. The van der Waals surface area contributed by atoms with E-state index in [1.807, 2.05) is 54.6 Å². The van der Waals surface area contributed by atoms with Crippen LogP contribution in [0.3, 0.4) is 0 Å². The number of hydrogen-bond acceptors (Lipinski definition) is 4. The molecule has 0 bridgehead atoms. The lowest BCUT2D eigenvalue weighted by Gasteiger charge is -2.12. The van der Waals surface area contributed by atoms with Gasteiger partial charge in [0.05, 0.1) is 6.10 Å². The van der Waals surface area contributed by atoms with E-state index in [0.29, 0.717) is 5.75 Å². The quantitative estimate of drug-likeness (QED) is 0.750. The van der Waals surface area contributed by atoms with Crippen molar-refractivity contribution in [1.82, 2.24) is 5.32 Å². The number of para-hydroxylation sites is 1. The van der Waals surface area contributed by atoms with Crippen molar-refractivity contribution >= 4 is 11.9 Å². The van der Waals surface area contributed by atoms with Crippen LogP contribution in [-0.4, -0.2) is 31.1 Å². The van der Waals surface area contributed by atoms with E-state index in [1.165, 1.54) is 5.56 Å². The minimum atomic E-state index is -0.465. The van der Waals surface area contributed by atoms with Crippen LogP contribution in [0.25, 0.3) is 0 Å². The number of benzene rings is 2. The Kier molecular flexibility index (Phi) is 7.01. The van der Waals surface area contributed by atoms with Gasteiger partial charge in [0.1, 0.15) is 12.3 Å².